The molecule has 2 heterocycles. The SMILES string of the molecule is O=S(=O)(NCCn1ccnn1)c1ccn[nH]1. The van der Waals surface area contributed by atoms with E-state index in [1.165, 1.54) is 23.1 Å². The van der Waals surface area contributed by atoms with Gasteiger partial charge in [-0.1, -0.05) is 5.21 Å². The van der Waals surface area contributed by atoms with Gasteiger partial charge in [0, 0.05) is 12.7 Å². The highest BCUT2D eigenvalue weighted by Gasteiger charge is 2.14. The molecule has 0 bridgehead atoms. The van der Waals surface area contributed by atoms with Gasteiger partial charge in [0.1, 0.15) is 0 Å². The van der Waals surface area contributed by atoms with E-state index in [4.69, 9.17) is 0 Å². The summed E-state index contributed by atoms with van der Waals surface area (Å²) in [5.74, 6) is 0. The predicted molar refractivity (Wildman–Crippen MR) is 53.8 cm³/mol. The second kappa shape index (κ2) is 4.41. The van der Waals surface area contributed by atoms with Crippen molar-refractivity contribution in [2.24, 2.45) is 0 Å². The molecule has 0 atom stereocenters. The number of hydrogen-bond acceptors (Lipinski definition) is 5. The minimum Gasteiger partial charge on any atom is -0.266 e. The Morgan fingerprint density at radius 2 is 2.31 bits per heavy atom. The average molecular weight is 242 g/mol. The molecule has 0 radical (unpaired) electrons. The van der Waals surface area contributed by atoms with Gasteiger partial charge in [-0.2, -0.15) is 5.10 Å². The maximum Gasteiger partial charge on any atom is 0.257 e. The summed E-state index contributed by atoms with van der Waals surface area (Å²) in [6.45, 7) is 0.665. The average Bonchev–Trinajstić information content (AvgIpc) is 2.90. The van der Waals surface area contributed by atoms with Crippen molar-refractivity contribution >= 4 is 10.0 Å². The largest absolute Gasteiger partial charge is 0.266 e. The lowest BCUT2D eigenvalue weighted by Crippen LogP contribution is -2.27. The molecule has 0 saturated heterocycles. The van der Waals surface area contributed by atoms with Crippen LogP contribution in [0.5, 0.6) is 0 Å². The molecule has 0 aliphatic heterocycles. The van der Waals surface area contributed by atoms with Crippen molar-refractivity contribution in [2.45, 2.75) is 11.6 Å². The van der Waals surface area contributed by atoms with Crippen LogP contribution >= 0.6 is 0 Å². The lowest BCUT2D eigenvalue weighted by atomic mass is 10.6. The molecule has 0 spiro atoms. The number of sulfonamides is 1. The zero-order valence-electron chi connectivity index (χ0n) is 8.24. The number of nitrogens with zero attached hydrogens (tertiary/aromatic N) is 4. The smallest absolute Gasteiger partial charge is 0.257 e. The van der Waals surface area contributed by atoms with Crippen molar-refractivity contribution in [3.63, 3.8) is 0 Å². The number of hydrogen-bond donors (Lipinski definition) is 2. The molecular formula is C7H10N6O2S. The maximum atomic E-state index is 11.6. The van der Waals surface area contributed by atoms with Crippen LogP contribution in [0.25, 0.3) is 0 Å². The van der Waals surface area contributed by atoms with Crippen LogP contribution in [-0.4, -0.2) is 40.2 Å². The van der Waals surface area contributed by atoms with Crippen molar-refractivity contribution < 1.29 is 8.42 Å². The fourth-order valence-electron chi connectivity index (χ4n) is 1.12. The van der Waals surface area contributed by atoms with Crippen molar-refractivity contribution in [1.82, 2.24) is 29.9 Å². The van der Waals surface area contributed by atoms with Crippen molar-refractivity contribution in [3.05, 3.63) is 24.7 Å². The number of aromatic amines is 1. The fraction of sp³-hybridized carbons (Fsp3) is 0.286. The minimum absolute atomic E-state index is 0.0473. The Morgan fingerprint density at radius 1 is 1.44 bits per heavy atom. The molecule has 86 valence electrons. The molecule has 2 aromatic rings. The summed E-state index contributed by atoms with van der Waals surface area (Å²) in [5, 5.41) is 13.3. The number of aromatic nitrogens is 5. The Bertz CT molecular complexity index is 517. The van der Waals surface area contributed by atoms with Crippen LogP contribution in [0, 0.1) is 0 Å². The van der Waals surface area contributed by atoms with E-state index < -0.39 is 10.0 Å². The number of H-pyrrole nitrogens is 1. The van der Waals surface area contributed by atoms with E-state index in [0.29, 0.717) is 6.54 Å². The van der Waals surface area contributed by atoms with E-state index in [9.17, 15) is 8.42 Å². The standard InChI is InChI=1S/C7H10N6O2S/c14-16(15,7-1-2-8-11-7)10-4-6-13-5-3-9-12-13/h1-3,5,10H,4,6H2,(H,8,11). The summed E-state index contributed by atoms with van der Waals surface area (Å²) in [6.07, 6.45) is 4.57. The number of rotatable bonds is 5. The van der Waals surface area contributed by atoms with Gasteiger partial charge in [0.05, 0.1) is 18.9 Å². The highest BCUT2D eigenvalue weighted by atomic mass is 32.2. The summed E-state index contributed by atoms with van der Waals surface area (Å²) < 4.78 is 27.1. The summed E-state index contributed by atoms with van der Waals surface area (Å²) >= 11 is 0. The molecular weight excluding hydrogens is 232 g/mol. The topological polar surface area (TPSA) is 106 Å². The zero-order chi connectivity index (χ0) is 11.4. The Morgan fingerprint density at radius 3 is 2.94 bits per heavy atom. The molecule has 0 aliphatic carbocycles. The van der Waals surface area contributed by atoms with Crippen LogP contribution in [-0.2, 0) is 16.6 Å². The van der Waals surface area contributed by atoms with Crippen molar-refractivity contribution in [1.29, 1.82) is 0 Å². The zero-order valence-corrected chi connectivity index (χ0v) is 9.05. The van der Waals surface area contributed by atoms with Gasteiger partial charge in [0.15, 0.2) is 5.03 Å². The first-order valence-electron chi connectivity index (χ1n) is 4.51. The lowest BCUT2D eigenvalue weighted by Gasteiger charge is -2.03. The van der Waals surface area contributed by atoms with Crippen LogP contribution < -0.4 is 4.72 Å². The highest BCUT2D eigenvalue weighted by Crippen LogP contribution is 2.01. The van der Waals surface area contributed by atoms with E-state index in [-0.39, 0.29) is 11.6 Å². The molecule has 0 aromatic carbocycles. The molecule has 0 saturated carbocycles. The summed E-state index contributed by atoms with van der Waals surface area (Å²) in [4.78, 5) is 0. The third-order valence-electron chi connectivity index (χ3n) is 1.87. The van der Waals surface area contributed by atoms with Crippen LogP contribution in [0.1, 0.15) is 0 Å². The first kappa shape index (κ1) is 10.8. The maximum absolute atomic E-state index is 11.6. The van der Waals surface area contributed by atoms with Gasteiger partial charge in [0.25, 0.3) is 10.0 Å². The van der Waals surface area contributed by atoms with E-state index >= 15 is 0 Å². The number of nitrogens with one attached hydrogen (secondary N) is 2. The Kier molecular flexibility index (Phi) is 2.97. The van der Waals surface area contributed by atoms with Gasteiger partial charge in [-0.05, 0) is 6.07 Å². The third kappa shape index (κ3) is 2.44. The van der Waals surface area contributed by atoms with Crippen LogP contribution in [0.4, 0.5) is 0 Å². The second-order valence-corrected chi connectivity index (χ2v) is 4.72. The van der Waals surface area contributed by atoms with Gasteiger partial charge in [-0.25, -0.2) is 13.1 Å². The van der Waals surface area contributed by atoms with E-state index in [0.717, 1.165) is 0 Å². The summed E-state index contributed by atoms with van der Waals surface area (Å²) in [7, 11) is -3.50. The fourth-order valence-corrected chi connectivity index (χ4v) is 2.05. The second-order valence-electron chi connectivity index (χ2n) is 2.98. The first-order chi connectivity index (χ1) is 7.68. The van der Waals surface area contributed by atoms with Gasteiger partial charge in [0.2, 0.25) is 0 Å². The summed E-state index contributed by atoms with van der Waals surface area (Å²) in [6, 6.07) is 1.39. The van der Waals surface area contributed by atoms with E-state index in [1.807, 2.05) is 0 Å². The van der Waals surface area contributed by atoms with Gasteiger partial charge < -0.3 is 0 Å². The molecule has 2 rings (SSSR count). The van der Waals surface area contributed by atoms with E-state index in [1.54, 1.807) is 6.20 Å². The quantitative estimate of drug-likeness (QED) is 0.698. The molecule has 0 aliphatic rings. The molecule has 16 heavy (non-hydrogen) atoms. The predicted octanol–water partition coefficient (Wildman–Crippen LogP) is -1.02. The molecule has 2 aromatic heterocycles. The van der Waals surface area contributed by atoms with Crippen LogP contribution in [0.3, 0.4) is 0 Å². The highest BCUT2D eigenvalue weighted by molar-refractivity contribution is 7.89. The van der Waals surface area contributed by atoms with Crippen LogP contribution in [0.15, 0.2) is 29.7 Å². The monoisotopic (exact) mass is 242 g/mol. The Balaban J connectivity index is 1.91. The molecule has 0 amide bonds. The normalized spacial score (nSPS) is 11.8. The Labute approximate surface area is 91.7 Å². The first-order valence-corrected chi connectivity index (χ1v) is 6.00. The molecule has 9 heteroatoms. The van der Waals surface area contributed by atoms with Crippen molar-refractivity contribution in [3.8, 4) is 0 Å². The molecule has 2 N–H and O–H groups in total. The van der Waals surface area contributed by atoms with Crippen LogP contribution in [0.2, 0.25) is 0 Å². The Hall–Kier alpha value is -1.74. The van der Waals surface area contributed by atoms with Gasteiger partial charge in [-0.15, -0.1) is 5.10 Å². The lowest BCUT2D eigenvalue weighted by molar-refractivity contribution is 0.550. The minimum atomic E-state index is -3.50. The van der Waals surface area contributed by atoms with E-state index in [2.05, 4.69) is 25.2 Å². The third-order valence-corrected chi connectivity index (χ3v) is 3.26. The summed E-state index contributed by atoms with van der Waals surface area (Å²) in [5.41, 5.74) is 0. The van der Waals surface area contributed by atoms with Crippen molar-refractivity contribution in [2.75, 3.05) is 6.54 Å². The van der Waals surface area contributed by atoms with Gasteiger partial charge >= 0.3 is 0 Å². The molecule has 0 fully saturated rings. The molecule has 8 nitrogen and oxygen atoms in total. The molecule has 0 unspecified atom stereocenters. The van der Waals surface area contributed by atoms with Gasteiger partial charge in [-0.3, -0.25) is 9.78 Å².